The molecule has 2 aliphatic heterocycles. The third kappa shape index (κ3) is 13.3. The molecule has 0 unspecified atom stereocenters. The fourth-order valence-electron chi connectivity index (χ4n) is 7.23. The number of carbonyl (C=O) groups excluding carboxylic acids is 3. The zero-order chi connectivity index (χ0) is 48.7. The lowest BCUT2D eigenvalue weighted by atomic mass is 10.00. The summed E-state index contributed by atoms with van der Waals surface area (Å²) >= 11 is 0. The zero-order valence-corrected chi connectivity index (χ0v) is 38.6. The normalized spacial score (nSPS) is 13.5. The van der Waals surface area contributed by atoms with Gasteiger partial charge in [-0.3, -0.25) is 14.4 Å². The van der Waals surface area contributed by atoms with Gasteiger partial charge in [0.05, 0.1) is 57.3 Å². The molecule has 2 saturated heterocycles. The Bertz CT molecular complexity index is 2830. The minimum atomic E-state index is -0.623. The van der Waals surface area contributed by atoms with E-state index in [9.17, 15) is 14.4 Å². The molecule has 0 bridgehead atoms. The predicted octanol–water partition coefficient (Wildman–Crippen LogP) is 6.02. The number of nitrogens with two attached hydrogens (primary N) is 3. The molecule has 6 heterocycles. The first-order valence-electron chi connectivity index (χ1n) is 22.2. The lowest BCUT2D eigenvalue weighted by Crippen LogP contribution is -2.37. The molecule has 7 N–H and O–H groups in total. The SMILES string of the molecule is CC1CCN(c2nc(C(N)=O)cc(-c3ccccc3)n2)CC1.COc1cccc(-c2cc(C(N)=O)nc(N3CCOCC3)n2)c1.COc1cccc(-c2cc(C(N)=O)nc(NCc3ccco3)n2)c1. The van der Waals surface area contributed by atoms with Gasteiger partial charge in [-0.05, 0) is 73.4 Å². The molecular weight excluding hydrogens is 881 g/mol. The number of nitrogens with one attached hydrogen (secondary N) is 1. The first kappa shape index (κ1) is 48.5. The number of rotatable bonds is 13. The summed E-state index contributed by atoms with van der Waals surface area (Å²) in [4.78, 5) is 65.3. The molecule has 19 nitrogen and oxygen atoms in total. The van der Waals surface area contributed by atoms with E-state index < -0.39 is 17.7 Å². The maximum absolute atomic E-state index is 11.6. The number of carbonyl (C=O) groups is 3. The maximum atomic E-state index is 11.6. The summed E-state index contributed by atoms with van der Waals surface area (Å²) in [6, 6.07) is 33.1. The van der Waals surface area contributed by atoms with E-state index >= 15 is 0 Å². The van der Waals surface area contributed by atoms with Gasteiger partial charge in [0.25, 0.3) is 17.7 Å². The molecule has 2 aliphatic rings. The van der Waals surface area contributed by atoms with E-state index in [2.05, 4.69) is 47.0 Å². The molecule has 7 aromatic rings. The van der Waals surface area contributed by atoms with E-state index in [0.717, 1.165) is 65.7 Å². The quantitative estimate of drug-likeness (QED) is 0.103. The van der Waals surface area contributed by atoms with Crippen LogP contribution >= 0.6 is 0 Å². The third-order valence-corrected chi connectivity index (χ3v) is 11.1. The monoisotopic (exact) mass is 934 g/mol. The van der Waals surface area contributed by atoms with E-state index in [-0.39, 0.29) is 17.1 Å². The Morgan fingerprint density at radius 2 is 1.09 bits per heavy atom. The molecule has 3 aromatic carbocycles. The molecule has 0 atom stereocenters. The van der Waals surface area contributed by atoms with Gasteiger partial charge in [-0.25, -0.2) is 29.9 Å². The Morgan fingerprint density at radius 3 is 1.59 bits per heavy atom. The molecule has 9 rings (SSSR count). The zero-order valence-electron chi connectivity index (χ0n) is 38.6. The number of hydrogen-bond donors (Lipinski definition) is 4. The number of methoxy groups -OCH3 is 2. The fraction of sp³-hybridized carbons (Fsp3) is 0.260. The predicted molar refractivity (Wildman–Crippen MR) is 261 cm³/mol. The summed E-state index contributed by atoms with van der Waals surface area (Å²) in [7, 11) is 3.19. The van der Waals surface area contributed by atoms with Gasteiger partial charge in [0, 0.05) is 42.9 Å². The number of primary amides is 3. The van der Waals surface area contributed by atoms with Crippen LogP contribution in [-0.4, -0.2) is 101 Å². The number of anilines is 3. The molecular formula is C50H54N12O7. The van der Waals surface area contributed by atoms with Crippen molar-refractivity contribution in [3.8, 4) is 45.3 Å². The number of aromatic nitrogens is 6. The smallest absolute Gasteiger partial charge is 0.267 e. The van der Waals surface area contributed by atoms with Crippen molar-refractivity contribution in [1.29, 1.82) is 0 Å². The first-order chi connectivity index (χ1) is 33.5. The summed E-state index contributed by atoms with van der Waals surface area (Å²) < 4.78 is 21.0. The van der Waals surface area contributed by atoms with Crippen molar-refractivity contribution in [2.75, 3.05) is 68.7 Å². The number of amides is 3. The molecule has 356 valence electrons. The standard InChI is InChI=1S/C17H16N4O3.C17H20N4O.C16H18N4O3/c1-23-12-5-2-4-11(8-12)14-9-15(16(18)22)21-17(20-14)19-10-13-6-3-7-24-13;1-12-7-9-21(10-8-12)17-19-14(11-15(20-17)16(18)22)13-5-3-2-4-6-13;1-22-12-4-2-3-11(9-12)13-10-14(15(17)21)19-16(18-13)20-5-7-23-8-6-20/h2-9H,10H2,1H3,(H2,18,22)(H,19,20,21);2-6,11-12H,7-10H2,1H3,(H2,18,22);2-4,9-10H,5-8H2,1H3,(H2,17,21). The topological polar surface area (TPSA) is 266 Å². The Balaban J connectivity index is 0.000000153. The molecule has 69 heavy (non-hydrogen) atoms. The number of nitrogens with zero attached hydrogens (tertiary/aromatic N) is 8. The van der Waals surface area contributed by atoms with Crippen molar-refractivity contribution in [1.82, 2.24) is 29.9 Å². The van der Waals surface area contributed by atoms with Gasteiger partial charge in [-0.2, -0.15) is 0 Å². The largest absolute Gasteiger partial charge is 0.497 e. The number of ether oxygens (including phenoxy) is 3. The third-order valence-electron chi connectivity index (χ3n) is 11.1. The van der Waals surface area contributed by atoms with Crippen LogP contribution in [0.5, 0.6) is 11.5 Å². The van der Waals surface area contributed by atoms with Crippen LogP contribution in [0.2, 0.25) is 0 Å². The molecule has 4 aromatic heterocycles. The Morgan fingerprint density at radius 1 is 0.594 bits per heavy atom. The van der Waals surface area contributed by atoms with Crippen LogP contribution < -0.4 is 41.8 Å². The summed E-state index contributed by atoms with van der Waals surface area (Å²) in [6.45, 7) is 7.06. The minimum absolute atomic E-state index is 0.129. The number of furan rings is 1. The Hall–Kier alpha value is -8.45. The van der Waals surface area contributed by atoms with E-state index in [1.54, 1.807) is 44.7 Å². The number of piperidine rings is 1. The fourth-order valence-corrected chi connectivity index (χ4v) is 7.23. The number of benzene rings is 3. The molecule has 0 spiro atoms. The summed E-state index contributed by atoms with van der Waals surface area (Å²) in [5, 5.41) is 3.03. The van der Waals surface area contributed by atoms with Gasteiger partial charge in [0.15, 0.2) is 0 Å². The van der Waals surface area contributed by atoms with Gasteiger partial charge < -0.3 is 50.9 Å². The molecule has 0 aliphatic carbocycles. The summed E-state index contributed by atoms with van der Waals surface area (Å²) in [5.74, 6) is 2.52. The first-order valence-corrected chi connectivity index (χ1v) is 22.2. The van der Waals surface area contributed by atoms with Crippen molar-refractivity contribution < 1.29 is 33.0 Å². The van der Waals surface area contributed by atoms with E-state index in [4.69, 9.17) is 35.8 Å². The van der Waals surface area contributed by atoms with E-state index in [0.29, 0.717) is 67.8 Å². The minimum Gasteiger partial charge on any atom is -0.497 e. The highest BCUT2D eigenvalue weighted by Gasteiger charge is 2.21. The second kappa shape index (κ2) is 23.3. The van der Waals surface area contributed by atoms with E-state index in [1.165, 1.54) is 0 Å². The molecule has 2 fully saturated rings. The Kier molecular flexibility index (Phi) is 16.4. The van der Waals surface area contributed by atoms with Gasteiger partial charge in [-0.1, -0.05) is 61.5 Å². The van der Waals surface area contributed by atoms with Crippen molar-refractivity contribution in [2.24, 2.45) is 23.1 Å². The number of hydrogen-bond acceptors (Lipinski definition) is 16. The van der Waals surface area contributed by atoms with Crippen LogP contribution in [0.1, 0.15) is 57.0 Å². The van der Waals surface area contributed by atoms with Crippen LogP contribution in [0, 0.1) is 5.92 Å². The van der Waals surface area contributed by atoms with Crippen LogP contribution in [0.4, 0.5) is 17.8 Å². The summed E-state index contributed by atoms with van der Waals surface area (Å²) in [6.07, 6.45) is 3.81. The van der Waals surface area contributed by atoms with Gasteiger partial charge in [0.2, 0.25) is 17.8 Å². The van der Waals surface area contributed by atoms with Crippen LogP contribution in [0.25, 0.3) is 33.8 Å². The highest BCUT2D eigenvalue weighted by Crippen LogP contribution is 2.27. The average Bonchev–Trinajstić information content (AvgIpc) is 3.93. The average molecular weight is 935 g/mol. The van der Waals surface area contributed by atoms with Crippen LogP contribution in [-0.2, 0) is 11.3 Å². The van der Waals surface area contributed by atoms with Crippen molar-refractivity contribution >= 4 is 35.6 Å². The lowest BCUT2D eigenvalue weighted by Gasteiger charge is -2.30. The van der Waals surface area contributed by atoms with Gasteiger partial charge in [-0.15, -0.1) is 0 Å². The lowest BCUT2D eigenvalue weighted by molar-refractivity contribution is 0.0987. The number of morpholine rings is 1. The molecule has 3 amide bonds. The van der Waals surface area contributed by atoms with Crippen molar-refractivity contribution in [3.63, 3.8) is 0 Å². The van der Waals surface area contributed by atoms with E-state index in [1.807, 2.05) is 89.8 Å². The van der Waals surface area contributed by atoms with Gasteiger partial charge >= 0.3 is 0 Å². The molecule has 0 radical (unpaired) electrons. The maximum Gasteiger partial charge on any atom is 0.267 e. The molecule has 0 saturated carbocycles. The highest BCUT2D eigenvalue weighted by atomic mass is 16.5. The van der Waals surface area contributed by atoms with Crippen molar-refractivity contribution in [3.05, 3.63) is 138 Å². The highest BCUT2D eigenvalue weighted by molar-refractivity contribution is 5.93. The summed E-state index contributed by atoms with van der Waals surface area (Å²) in [5.41, 5.74) is 21.3. The molecule has 19 heteroatoms. The van der Waals surface area contributed by atoms with Gasteiger partial charge in [0.1, 0.15) is 34.3 Å². The Labute approximate surface area is 399 Å². The van der Waals surface area contributed by atoms with Crippen LogP contribution in [0.3, 0.4) is 0 Å². The second-order valence-electron chi connectivity index (χ2n) is 16.0. The van der Waals surface area contributed by atoms with Crippen molar-refractivity contribution in [2.45, 2.75) is 26.3 Å². The second-order valence-corrected chi connectivity index (χ2v) is 16.0. The van der Waals surface area contributed by atoms with Crippen LogP contribution in [0.15, 0.2) is 120 Å².